The Labute approximate surface area is 202 Å². The van der Waals surface area contributed by atoms with Gasteiger partial charge in [0.2, 0.25) is 0 Å². The molecule has 1 aromatic rings. The molecule has 5 heteroatoms. The van der Waals surface area contributed by atoms with Gasteiger partial charge in [0.1, 0.15) is 17.6 Å². The predicted molar refractivity (Wildman–Crippen MR) is 130 cm³/mol. The van der Waals surface area contributed by atoms with Gasteiger partial charge in [-0.15, -0.1) is 0 Å². The number of ether oxygens (including phenoxy) is 1. The quantitative estimate of drug-likeness (QED) is 0.397. The number of halogens is 2. The minimum atomic E-state index is -1.17. The van der Waals surface area contributed by atoms with Crippen molar-refractivity contribution in [2.24, 2.45) is 11.8 Å². The summed E-state index contributed by atoms with van der Waals surface area (Å²) in [5.41, 5.74) is 2.27. The van der Waals surface area contributed by atoms with Crippen molar-refractivity contribution >= 4 is 6.09 Å². The van der Waals surface area contributed by atoms with E-state index < -0.39 is 5.67 Å². The number of unbranched alkanes of at least 4 members (excludes halogenated alkanes) is 2. The fourth-order valence-electron chi connectivity index (χ4n) is 6.60. The molecule has 3 fully saturated rings. The molecule has 0 aromatic heterocycles. The van der Waals surface area contributed by atoms with Crippen LogP contribution in [0.5, 0.6) is 0 Å². The van der Waals surface area contributed by atoms with Crippen molar-refractivity contribution in [1.29, 1.82) is 0 Å². The van der Waals surface area contributed by atoms with E-state index in [0.717, 1.165) is 36.8 Å². The van der Waals surface area contributed by atoms with Crippen molar-refractivity contribution in [1.82, 2.24) is 4.90 Å². The molecule has 3 atom stereocenters. The van der Waals surface area contributed by atoms with Crippen LogP contribution in [0.25, 0.3) is 0 Å². The molecule has 1 unspecified atom stereocenters. The average Bonchev–Trinajstić information content (AvgIpc) is 2.84. The van der Waals surface area contributed by atoms with Crippen molar-refractivity contribution < 1.29 is 18.3 Å². The average molecular weight is 470 g/mol. The molecule has 1 heterocycles. The summed E-state index contributed by atoms with van der Waals surface area (Å²) in [6.07, 6.45) is 13.7. The lowest BCUT2D eigenvalue weighted by Gasteiger charge is -2.46. The van der Waals surface area contributed by atoms with Gasteiger partial charge in [-0.3, -0.25) is 4.90 Å². The maximum absolute atomic E-state index is 15.0. The van der Waals surface area contributed by atoms with Crippen LogP contribution in [-0.2, 0) is 4.74 Å². The van der Waals surface area contributed by atoms with E-state index in [1.807, 2.05) is 0 Å². The molecule has 0 saturated heterocycles. The van der Waals surface area contributed by atoms with Gasteiger partial charge in [-0.1, -0.05) is 56.0 Å². The molecular weight excluding hydrogens is 432 g/mol. The molecule has 1 aliphatic heterocycles. The number of fused-ring (bicyclic) bond motifs is 3. The third kappa shape index (κ3) is 4.81. The summed E-state index contributed by atoms with van der Waals surface area (Å²) < 4.78 is 34.7. The molecule has 184 valence electrons. The number of hydrogen-bond donors (Lipinski definition) is 0. The third-order valence-electron chi connectivity index (χ3n) is 8.60. The number of benzene rings is 1. The summed E-state index contributed by atoms with van der Waals surface area (Å²) in [5.74, 6) is 0.532. The van der Waals surface area contributed by atoms with Crippen molar-refractivity contribution in [3.8, 4) is 0 Å². The van der Waals surface area contributed by atoms with Crippen LogP contribution in [0, 0.1) is 17.7 Å². The van der Waals surface area contributed by atoms with E-state index in [1.54, 1.807) is 17.0 Å². The number of amides is 1. The summed E-state index contributed by atoms with van der Waals surface area (Å²) in [6.45, 7) is 2.80. The van der Waals surface area contributed by atoms with E-state index in [9.17, 15) is 13.6 Å². The largest absolute Gasteiger partial charge is 0.446 e. The smallest absolute Gasteiger partial charge is 0.410 e. The van der Waals surface area contributed by atoms with Gasteiger partial charge < -0.3 is 4.74 Å². The van der Waals surface area contributed by atoms with Crippen molar-refractivity contribution in [2.45, 2.75) is 95.4 Å². The highest BCUT2D eigenvalue weighted by Gasteiger charge is 2.48. The molecule has 2 bridgehead atoms. The Bertz CT molecular complexity index is 945. The van der Waals surface area contributed by atoms with Crippen LogP contribution in [0.2, 0.25) is 0 Å². The van der Waals surface area contributed by atoms with Gasteiger partial charge in [-0.25, -0.2) is 13.6 Å². The Morgan fingerprint density at radius 1 is 1.18 bits per heavy atom. The number of carbonyl (C=O) groups is 1. The second-order valence-electron chi connectivity index (χ2n) is 10.9. The number of nitrogens with zero attached hydrogens (tertiary/aromatic N) is 1. The molecule has 5 aliphatic rings. The molecule has 3 saturated carbocycles. The molecule has 34 heavy (non-hydrogen) atoms. The molecule has 0 N–H and O–H groups in total. The van der Waals surface area contributed by atoms with Crippen LogP contribution in [0.3, 0.4) is 0 Å². The van der Waals surface area contributed by atoms with Gasteiger partial charge in [0, 0.05) is 13.0 Å². The number of rotatable bonds is 6. The van der Waals surface area contributed by atoms with E-state index in [1.165, 1.54) is 43.4 Å². The minimum Gasteiger partial charge on any atom is -0.446 e. The lowest BCUT2D eigenvalue weighted by atomic mass is 9.67. The lowest BCUT2D eigenvalue weighted by molar-refractivity contribution is -0.0810. The van der Waals surface area contributed by atoms with Gasteiger partial charge in [0.25, 0.3) is 0 Å². The highest BCUT2D eigenvalue weighted by atomic mass is 19.1. The molecule has 3 nitrogen and oxygen atoms in total. The van der Waals surface area contributed by atoms with Crippen LogP contribution in [0.1, 0.15) is 89.2 Å². The summed E-state index contributed by atoms with van der Waals surface area (Å²) in [5, 5.41) is 0. The second kappa shape index (κ2) is 9.83. The van der Waals surface area contributed by atoms with E-state index in [0.29, 0.717) is 31.7 Å². The molecular formula is C29H37F2NO2. The van der Waals surface area contributed by atoms with E-state index in [2.05, 4.69) is 19.1 Å². The van der Waals surface area contributed by atoms with Crippen LogP contribution >= 0.6 is 0 Å². The summed E-state index contributed by atoms with van der Waals surface area (Å²) >= 11 is 0. The fourth-order valence-corrected chi connectivity index (χ4v) is 6.60. The Morgan fingerprint density at radius 3 is 2.65 bits per heavy atom. The van der Waals surface area contributed by atoms with Gasteiger partial charge in [0.05, 0.1) is 6.04 Å². The first-order valence-electron chi connectivity index (χ1n) is 13.3. The standard InChI is InChI=1S/C29H37F2NO2/c1-2-3-4-5-20-6-11-25-23(18-20)14-17-32(27(25)22-7-9-24(30)10-8-22)28(33)34-26-19-29(31)15-12-21(26)13-16-29/h6-11,20-21,26-27H,2-5,12-19H2,1H3/t20?,21?,26-,27+,29?/m1/s1. The topological polar surface area (TPSA) is 29.5 Å². The number of alkyl halides is 1. The predicted octanol–water partition coefficient (Wildman–Crippen LogP) is 7.83. The Balaban J connectivity index is 1.36. The van der Waals surface area contributed by atoms with Crippen LogP contribution in [0.4, 0.5) is 13.6 Å². The molecule has 4 aliphatic carbocycles. The summed E-state index contributed by atoms with van der Waals surface area (Å²) in [7, 11) is 0. The van der Waals surface area contributed by atoms with Gasteiger partial charge in [-0.2, -0.15) is 0 Å². The van der Waals surface area contributed by atoms with E-state index >= 15 is 0 Å². The highest BCUT2D eigenvalue weighted by Crippen LogP contribution is 2.48. The zero-order chi connectivity index (χ0) is 23.7. The molecule has 0 radical (unpaired) electrons. The van der Waals surface area contributed by atoms with Gasteiger partial charge >= 0.3 is 6.09 Å². The van der Waals surface area contributed by atoms with Gasteiger partial charge in [-0.05, 0) is 80.1 Å². The van der Waals surface area contributed by atoms with Crippen molar-refractivity contribution in [3.05, 3.63) is 58.9 Å². The summed E-state index contributed by atoms with van der Waals surface area (Å²) in [4.78, 5) is 15.3. The molecule has 0 spiro atoms. The Morgan fingerprint density at radius 2 is 1.94 bits per heavy atom. The number of carbonyl (C=O) groups excluding carboxylic acids is 1. The van der Waals surface area contributed by atoms with Crippen molar-refractivity contribution in [3.63, 3.8) is 0 Å². The minimum absolute atomic E-state index is 0.267. The first-order valence-corrected chi connectivity index (χ1v) is 13.3. The third-order valence-corrected chi connectivity index (χ3v) is 8.60. The van der Waals surface area contributed by atoms with Crippen molar-refractivity contribution in [2.75, 3.05) is 6.54 Å². The zero-order valence-corrected chi connectivity index (χ0v) is 20.3. The van der Waals surface area contributed by atoms with Crippen LogP contribution < -0.4 is 0 Å². The second-order valence-corrected chi connectivity index (χ2v) is 10.9. The van der Waals surface area contributed by atoms with E-state index in [-0.39, 0.29) is 30.0 Å². The van der Waals surface area contributed by atoms with Crippen LogP contribution in [0.15, 0.2) is 47.6 Å². The lowest BCUT2D eigenvalue weighted by Crippen LogP contribution is -2.49. The van der Waals surface area contributed by atoms with Gasteiger partial charge in [0.15, 0.2) is 0 Å². The normalized spacial score (nSPS) is 32.6. The fraction of sp³-hybridized carbons (Fsp3) is 0.621. The molecule has 1 aromatic carbocycles. The summed E-state index contributed by atoms with van der Waals surface area (Å²) in [6, 6.07) is 6.18. The highest BCUT2D eigenvalue weighted by molar-refractivity contribution is 5.70. The first-order chi connectivity index (χ1) is 16.5. The maximum Gasteiger partial charge on any atom is 0.410 e. The SMILES string of the molecule is CCCCCC1C=CC2=C(CCN(C(=O)O[C@@H]3CC4(F)CCC3CC4)[C@H]2c2ccc(F)cc2)C1. The van der Waals surface area contributed by atoms with E-state index in [4.69, 9.17) is 4.74 Å². The Kier molecular flexibility index (Phi) is 6.81. The monoisotopic (exact) mass is 469 g/mol. The zero-order valence-electron chi connectivity index (χ0n) is 20.3. The molecule has 1 amide bonds. The molecule has 6 rings (SSSR count). The first kappa shape index (κ1) is 23.6. The number of allylic oxidation sites excluding steroid dienone is 1. The Hall–Kier alpha value is -2.17. The maximum atomic E-state index is 15.0. The van der Waals surface area contributed by atoms with Crippen LogP contribution in [-0.4, -0.2) is 29.3 Å². The number of hydrogen-bond acceptors (Lipinski definition) is 2.